The molecule has 142 valence electrons. The molecule has 1 aliphatic heterocycles. The fourth-order valence-corrected chi connectivity index (χ4v) is 3.58. The Labute approximate surface area is 159 Å². The summed E-state index contributed by atoms with van der Waals surface area (Å²) in [5.74, 6) is -0.580. The van der Waals surface area contributed by atoms with Crippen LogP contribution in [-0.2, 0) is 9.59 Å². The lowest BCUT2D eigenvalue weighted by molar-refractivity contribution is -0.122. The highest BCUT2D eigenvalue weighted by Crippen LogP contribution is 2.29. The number of nitrogens with one attached hydrogen (secondary N) is 1. The normalized spacial score (nSPS) is 16.9. The van der Waals surface area contributed by atoms with Gasteiger partial charge in [0, 0.05) is 24.3 Å². The van der Waals surface area contributed by atoms with Crippen LogP contribution < -0.4 is 10.2 Å². The number of carbonyl (C=O) groups is 2. The summed E-state index contributed by atoms with van der Waals surface area (Å²) >= 11 is 0. The average Bonchev–Trinajstić information content (AvgIpc) is 2.99. The van der Waals surface area contributed by atoms with Gasteiger partial charge in [-0.2, -0.15) is 0 Å². The molecule has 0 aromatic heterocycles. The zero-order valence-corrected chi connectivity index (χ0v) is 16.2. The molecule has 1 fully saturated rings. The molecule has 1 saturated heterocycles. The van der Waals surface area contributed by atoms with Crippen molar-refractivity contribution in [3.63, 3.8) is 0 Å². The maximum Gasteiger partial charge on any atom is 0.229 e. The van der Waals surface area contributed by atoms with E-state index in [2.05, 4.69) is 25.2 Å². The van der Waals surface area contributed by atoms with E-state index in [1.165, 1.54) is 17.7 Å². The largest absolute Gasteiger partial charge is 0.326 e. The van der Waals surface area contributed by atoms with Crippen molar-refractivity contribution in [1.82, 2.24) is 0 Å². The Morgan fingerprint density at radius 3 is 2.52 bits per heavy atom. The predicted octanol–water partition coefficient (Wildman–Crippen LogP) is 4.56. The van der Waals surface area contributed by atoms with E-state index in [0.29, 0.717) is 23.7 Å². The fourth-order valence-electron chi connectivity index (χ4n) is 3.58. The van der Waals surface area contributed by atoms with Crippen LogP contribution in [0.25, 0.3) is 0 Å². The zero-order valence-electron chi connectivity index (χ0n) is 16.2. The monoisotopic (exact) mass is 368 g/mol. The van der Waals surface area contributed by atoms with Crippen molar-refractivity contribution >= 4 is 23.2 Å². The van der Waals surface area contributed by atoms with Gasteiger partial charge in [0.05, 0.1) is 5.92 Å². The molecule has 0 spiro atoms. The van der Waals surface area contributed by atoms with Crippen molar-refractivity contribution < 1.29 is 14.0 Å². The highest BCUT2D eigenvalue weighted by molar-refractivity contribution is 6.03. The number of anilines is 2. The molecule has 2 aromatic rings. The molecule has 0 bridgehead atoms. The third kappa shape index (κ3) is 4.02. The van der Waals surface area contributed by atoms with Crippen LogP contribution in [0.15, 0.2) is 36.4 Å². The van der Waals surface area contributed by atoms with Crippen LogP contribution in [0.3, 0.4) is 0 Å². The number of hydrogen-bond donors (Lipinski definition) is 1. The van der Waals surface area contributed by atoms with Crippen molar-refractivity contribution in [2.75, 3.05) is 16.8 Å². The van der Waals surface area contributed by atoms with Gasteiger partial charge in [-0.05, 0) is 66.8 Å². The first kappa shape index (κ1) is 19.1. The second-order valence-electron chi connectivity index (χ2n) is 7.55. The number of hydrogen-bond acceptors (Lipinski definition) is 2. The van der Waals surface area contributed by atoms with Gasteiger partial charge in [0.2, 0.25) is 11.8 Å². The summed E-state index contributed by atoms with van der Waals surface area (Å²) in [7, 11) is 0. The summed E-state index contributed by atoms with van der Waals surface area (Å²) in [6.45, 7) is 8.32. The Kier molecular flexibility index (Phi) is 5.31. The number of nitrogens with zero attached hydrogens (tertiary/aromatic N) is 1. The van der Waals surface area contributed by atoms with E-state index in [9.17, 15) is 14.0 Å². The van der Waals surface area contributed by atoms with Gasteiger partial charge in [0.25, 0.3) is 0 Å². The highest BCUT2D eigenvalue weighted by Gasteiger charge is 2.35. The van der Waals surface area contributed by atoms with Crippen molar-refractivity contribution in [2.45, 2.75) is 40.0 Å². The Morgan fingerprint density at radius 1 is 1.15 bits per heavy atom. The van der Waals surface area contributed by atoms with Gasteiger partial charge in [-0.25, -0.2) is 4.39 Å². The van der Waals surface area contributed by atoms with Gasteiger partial charge in [0.1, 0.15) is 5.82 Å². The topological polar surface area (TPSA) is 49.4 Å². The molecule has 27 heavy (non-hydrogen) atoms. The van der Waals surface area contributed by atoms with E-state index >= 15 is 0 Å². The number of halogens is 1. The summed E-state index contributed by atoms with van der Waals surface area (Å²) in [4.78, 5) is 26.7. The zero-order chi connectivity index (χ0) is 19.7. The molecule has 0 unspecified atom stereocenters. The number of aryl methyl sites for hydroxylation is 2. The first-order valence-corrected chi connectivity index (χ1v) is 9.24. The van der Waals surface area contributed by atoms with Gasteiger partial charge in [-0.15, -0.1) is 0 Å². The smallest absolute Gasteiger partial charge is 0.229 e. The Bertz CT molecular complexity index is 892. The first-order chi connectivity index (χ1) is 12.8. The lowest BCUT2D eigenvalue weighted by Crippen LogP contribution is -2.28. The summed E-state index contributed by atoms with van der Waals surface area (Å²) in [5, 5.41) is 2.80. The number of rotatable bonds is 4. The van der Waals surface area contributed by atoms with Crippen LogP contribution in [0.1, 0.15) is 42.9 Å². The molecule has 0 saturated carbocycles. The third-order valence-electron chi connectivity index (χ3n) is 5.11. The Hall–Kier alpha value is -2.69. The van der Waals surface area contributed by atoms with Crippen LogP contribution in [0, 0.1) is 25.6 Å². The molecule has 2 amide bonds. The summed E-state index contributed by atoms with van der Waals surface area (Å²) < 4.78 is 13.4. The second kappa shape index (κ2) is 7.51. The second-order valence-corrected chi connectivity index (χ2v) is 7.55. The lowest BCUT2D eigenvalue weighted by atomic mass is 9.97. The van der Waals surface area contributed by atoms with Gasteiger partial charge in [0.15, 0.2) is 0 Å². The molecule has 1 atom stereocenters. The minimum atomic E-state index is -0.423. The molecule has 0 radical (unpaired) electrons. The van der Waals surface area contributed by atoms with Crippen molar-refractivity contribution in [1.29, 1.82) is 0 Å². The van der Waals surface area contributed by atoms with Gasteiger partial charge >= 0.3 is 0 Å². The van der Waals surface area contributed by atoms with Crippen LogP contribution in [0.5, 0.6) is 0 Å². The van der Waals surface area contributed by atoms with Crippen molar-refractivity contribution in [2.24, 2.45) is 5.92 Å². The summed E-state index contributed by atoms with van der Waals surface area (Å²) in [6.07, 6.45) is 0.178. The maximum absolute atomic E-state index is 13.4. The van der Waals surface area contributed by atoms with E-state index in [1.807, 2.05) is 19.1 Å². The molecular formula is C22H25FN2O2. The van der Waals surface area contributed by atoms with E-state index < -0.39 is 5.92 Å². The van der Waals surface area contributed by atoms with Crippen LogP contribution >= 0.6 is 0 Å². The SMILES string of the molecule is Cc1cc(NC(=O)[C@H]2CC(=O)N(c3ccc(C(C)C)c(C)c3)C2)ccc1F. The molecule has 1 heterocycles. The van der Waals surface area contributed by atoms with Crippen molar-refractivity contribution in [3.05, 3.63) is 58.9 Å². The number of carbonyl (C=O) groups excluding carboxylic acids is 2. The van der Waals surface area contributed by atoms with Crippen LogP contribution in [0.4, 0.5) is 15.8 Å². The molecule has 4 nitrogen and oxygen atoms in total. The predicted molar refractivity (Wildman–Crippen MR) is 105 cm³/mol. The van der Waals surface area contributed by atoms with Gasteiger partial charge in [-0.1, -0.05) is 19.9 Å². The molecule has 3 rings (SSSR count). The lowest BCUT2D eigenvalue weighted by Gasteiger charge is -2.19. The molecule has 2 aromatic carbocycles. The molecule has 5 heteroatoms. The fraction of sp³-hybridized carbons (Fsp3) is 0.364. The van der Waals surface area contributed by atoms with Crippen molar-refractivity contribution in [3.8, 4) is 0 Å². The maximum atomic E-state index is 13.4. The molecule has 1 aliphatic rings. The van der Waals surface area contributed by atoms with Crippen LogP contribution in [-0.4, -0.2) is 18.4 Å². The first-order valence-electron chi connectivity index (χ1n) is 9.24. The number of benzene rings is 2. The highest BCUT2D eigenvalue weighted by atomic mass is 19.1. The quantitative estimate of drug-likeness (QED) is 0.860. The molecule has 0 aliphatic carbocycles. The van der Waals surface area contributed by atoms with E-state index in [0.717, 1.165) is 11.3 Å². The minimum Gasteiger partial charge on any atom is -0.326 e. The number of amides is 2. The Balaban J connectivity index is 1.72. The molecular weight excluding hydrogens is 343 g/mol. The summed E-state index contributed by atoms with van der Waals surface area (Å²) in [5.41, 5.74) is 4.24. The Morgan fingerprint density at radius 2 is 1.89 bits per heavy atom. The van der Waals surface area contributed by atoms with Crippen LogP contribution in [0.2, 0.25) is 0 Å². The van der Waals surface area contributed by atoms with E-state index in [4.69, 9.17) is 0 Å². The minimum absolute atomic E-state index is 0.0536. The van der Waals surface area contributed by atoms with E-state index in [1.54, 1.807) is 17.9 Å². The van der Waals surface area contributed by atoms with E-state index in [-0.39, 0.29) is 24.1 Å². The standard InChI is InChI=1S/C22H25FN2O2/c1-13(2)19-7-6-18(10-14(19)3)25-12-16(11-21(25)26)22(27)24-17-5-8-20(23)15(4)9-17/h5-10,13,16H,11-12H2,1-4H3,(H,24,27)/t16-/m0/s1. The molecule has 1 N–H and O–H groups in total. The third-order valence-corrected chi connectivity index (χ3v) is 5.11. The van der Waals surface area contributed by atoms with Gasteiger partial charge in [-0.3, -0.25) is 9.59 Å². The summed E-state index contributed by atoms with van der Waals surface area (Å²) in [6, 6.07) is 10.5. The van der Waals surface area contributed by atoms with Gasteiger partial charge < -0.3 is 10.2 Å². The average molecular weight is 368 g/mol.